The third-order valence-corrected chi connectivity index (χ3v) is 4.45. The third kappa shape index (κ3) is 5.61. The predicted octanol–water partition coefficient (Wildman–Crippen LogP) is 4.49. The highest BCUT2D eigenvalue weighted by Gasteiger charge is 2.31. The summed E-state index contributed by atoms with van der Waals surface area (Å²) in [7, 11) is 0. The lowest BCUT2D eigenvalue weighted by atomic mass is 10.1. The van der Waals surface area contributed by atoms with Gasteiger partial charge >= 0.3 is 12.1 Å². The summed E-state index contributed by atoms with van der Waals surface area (Å²) in [5.74, 6) is -0.927. The maximum absolute atomic E-state index is 13.2. The molecule has 1 N–H and O–H groups in total. The van der Waals surface area contributed by atoms with Gasteiger partial charge < -0.3 is 15.0 Å². The number of benzene rings is 1. The number of ether oxygens (including phenoxy) is 1. The highest BCUT2D eigenvalue weighted by Crippen LogP contribution is 2.34. The molecule has 2 aromatic rings. The van der Waals surface area contributed by atoms with Gasteiger partial charge in [-0.15, -0.1) is 0 Å². The number of anilines is 1. The summed E-state index contributed by atoms with van der Waals surface area (Å²) >= 11 is 0. The van der Waals surface area contributed by atoms with Gasteiger partial charge in [-0.05, 0) is 38.0 Å². The van der Waals surface area contributed by atoms with Crippen LogP contribution in [0.5, 0.6) is 0 Å². The fourth-order valence-corrected chi connectivity index (χ4v) is 3.10. The molecular formula is C21H26F3N3O3. The van der Waals surface area contributed by atoms with E-state index in [1.54, 1.807) is 11.8 Å². The van der Waals surface area contributed by atoms with Crippen LogP contribution < -0.4 is 5.32 Å². The van der Waals surface area contributed by atoms with E-state index < -0.39 is 17.7 Å². The molecule has 0 atom stereocenters. The maximum atomic E-state index is 13.2. The van der Waals surface area contributed by atoms with E-state index in [2.05, 4.69) is 10.3 Å². The van der Waals surface area contributed by atoms with Crippen LogP contribution in [-0.2, 0) is 15.7 Å². The summed E-state index contributed by atoms with van der Waals surface area (Å²) in [6.07, 6.45) is -1.74. The first kappa shape index (κ1) is 23.4. The van der Waals surface area contributed by atoms with Crippen LogP contribution in [0.2, 0.25) is 0 Å². The highest BCUT2D eigenvalue weighted by atomic mass is 19.4. The molecule has 6 nitrogen and oxygen atoms in total. The summed E-state index contributed by atoms with van der Waals surface area (Å²) in [5, 5.41) is 2.97. The number of halogens is 3. The molecule has 0 fully saturated rings. The molecule has 0 saturated heterocycles. The van der Waals surface area contributed by atoms with E-state index in [1.165, 1.54) is 12.3 Å². The Balaban J connectivity index is 2.48. The molecule has 0 spiro atoms. The summed E-state index contributed by atoms with van der Waals surface area (Å²) in [6, 6.07) is 3.09. The maximum Gasteiger partial charge on any atom is 0.416 e. The van der Waals surface area contributed by atoms with Crippen molar-refractivity contribution in [1.29, 1.82) is 0 Å². The highest BCUT2D eigenvalue weighted by molar-refractivity contribution is 6.05. The minimum absolute atomic E-state index is 0.0194. The van der Waals surface area contributed by atoms with Gasteiger partial charge in [-0.1, -0.05) is 13.8 Å². The van der Waals surface area contributed by atoms with Gasteiger partial charge in [0.1, 0.15) is 5.56 Å². The molecule has 9 heteroatoms. The number of alkyl halides is 3. The Hall–Kier alpha value is -2.84. The van der Waals surface area contributed by atoms with Gasteiger partial charge in [0.15, 0.2) is 0 Å². The standard InChI is InChI=1S/C21H26F3N3O3/c1-4-9-27(10-5-2)18(28)13-26-19-15-11-14(21(22,23)24)7-8-17(15)25-12-16(19)20(29)30-6-3/h7-8,11-12H,4-6,9-10,13H2,1-3H3,(H,25,26). The quantitative estimate of drug-likeness (QED) is 0.600. The zero-order valence-corrected chi connectivity index (χ0v) is 17.3. The van der Waals surface area contributed by atoms with E-state index in [4.69, 9.17) is 4.74 Å². The van der Waals surface area contributed by atoms with Crippen molar-refractivity contribution in [2.75, 3.05) is 31.6 Å². The van der Waals surface area contributed by atoms with Crippen molar-refractivity contribution >= 4 is 28.5 Å². The van der Waals surface area contributed by atoms with E-state index in [0.29, 0.717) is 13.1 Å². The van der Waals surface area contributed by atoms with Crippen LogP contribution in [0.4, 0.5) is 18.9 Å². The van der Waals surface area contributed by atoms with Crippen molar-refractivity contribution < 1.29 is 27.5 Å². The Labute approximate surface area is 173 Å². The first-order valence-electron chi connectivity index (χ1n) is 9.91. The van der Waals surface area contributed by atoms with Gasteiger partial charge in [0.05, 0.1) is 29.9 Å². The van der Waals surface area contributed by atoms with Crippen molar-refractivity contribution in [3.05, 3.63) is 35.5 Å². The molecule has 0 aliphatic rings. The van der Waals surface area contributed by atoms with Crippen LogP contribution in [0.3, 0.4) is 0 Å². The first-order valence-corrected chi connectivity index (χ1v) is 9.91. The van der Waals surface area contributed by atoms with E-state index in [-0.39, 0.29) is 41.2 Å². The smallest absolute Gasteiger partial charge is 0.416 e. The number of hydrogen-bond acceptors (Lipinski definition) is 5. The topological polar surface area (TPSA) is 71.5 Å². The Kier molecular flexibility index (Phi) is 8.02. The van der Waals surface area contributed by atoms with Crippen LogP contribution >= 0.6 is 0 Å². The number of pyridine rings is 1. The SMILES string of the molecule is CCCN(CCC)C(=O)CNc1c(C(=O)OCC)cnc2ccc(C(F)(F)F)cc12. The summed E-state index contributed by atoms with van der Waals surface area (Å²) in [6.45, 7) is 6.62. The van der Waals surface area contributed by atoms with Crippen LogP contribution in [0.1, 0.15) is 49.5 Å². The number of rotatable bonds is 9. The van der Waals surface area contributed by atoms with Crippen molar-refractivity contribution in [2.45, 2.75) is 39.8 Å². The second-order valence-corrected chi connectivity index (χ2v) is 6.73. The molecule has 2 rings (SSSR count). The molecule has 1 heterocycles. The minimum Gasteiger partial charge on any atom is -0.462 e. The normalized spacial score (nSPS) is 11.4. The lowest BCUT2D eigenvalue weighted by Gasteiger charge is -2.22. The van der Waals surface area contributed by atoms with E-state index in [0.717, 1.165) is 25.0 Å². The molecule has 1 aromatic carbocycles. The van der Waals surface area contributed by atoms with Gasteiger partial charge in [0, 0.05) is 24.7 Å². The van der Waals surface area contributed by atoms with Gasteiger partial charge in [0.2, 0.25) is 5.91 Å². The molecule has 0 radical (unpaired) electrons. The number of aromatic nitrogens is 1. The average Bonchev–Trinajstić information content (AvgIpc) is 2.70. The molecule has 0 bridgehead atoms. The van der Waals surface area contributed by atoms with Crippen LogP contribution in [0, 0.1) is 0 Å². The van der Waals surface area contributed by atoms with E-state index in [1.807, 2.05) is 13.8 Å². The number of nitrogens with one attached hydrogen (secondary N) is 1. The van der Waals surface area contributed by atoms with Crippen molar-refractivity contribution in [3.63, 3.8) is 0 Å². The lowest BCUT2D eigenvalue weighted by Crippen LogP contribution is -2.37. The third-order valence-electron chi connectivity index (χ3n) is 4.45. The van der Waals surface area contributed by atoms with Crippen LogP contribution in [0.25, 0.3) is 10.9 Å². The molecule has 1 aromatic heterocycles. The largest absolute Gasteiger partial charge is 0.462 e. The zero-order chi connectivity index (χ0) is 22.3. The Morgan fingerprint density at radius 1 is 1.13 bits per heavy atom. The average molecular weight is 425 g/mol. The number of carbonyl (C=O) groups excluding carboxylic acids is 2. The first-order chi connectivity index (χ1) is 14.2. The second-order valence-electron chi connectivity index (χ2n) is 6.73. The van der Waals surface area contributed by atoms with Crippen LogP contribution in [0.15, 0.2) is 24.4 Å². The number of nitrogens with zero attached hydrogens (tertiary/aromatic N) is 2. The van der Waals surface area contributed by atoms with E-state index >= 15 is 0 Å². The predicted molar refractivity (Wildman–Crippen MR) is 108 cm³/mol. The lowest BCUT2D eigenvalue weighted by molar-refractivity contribution is -0.137. The summed E-state index contributed by atoms with van der Waals surface area (Å²) in [5.41, 5.74) is -0.518. The second kappa shape index (κ2) is 10.3. The minimum atomic E-state index is -4.56. The van der Waals surface area contributed by atoms with Gasteiger partial charge in [-0.25, -0.2) is 4.79 Å². The molecule has 30 heavy (non-hydrogen) atoms. The Bertz CT molecular complexity index is 894. The fraction of sp³-hybridized carbons (Fsp3) is 0.476. The van der Waals surface area contributed by atoms with Gasteiger partial charge in [-0.3, -0.25) is 9.78 Å². The van der Waals surface area contributed by atoms with Gasteiger partial charge in [-0.2, -0.15) is 13.2 Å². The molecular weight excluding hydrogens is 399 g/mol. The zero-order valence-electron chi connectivity index (χ0n) is 17.3. The molecule has 0 aliphatic carbocycles. The Morgan fingerprint density at radius 3 is 2.37 bits per heavy atom. The summed E-state index contributed by atoms with van der Waals surface area (Å²) in [4.78, 5) is 30.7. The summed E-state index contributed by atoms with van der Waals surface area (Å²) < 4.78 is 44.7. The van der Waals surface area contributed by atoms with Gasteiger partial charge in [0.25, 0.3) is 0 Å². The number of hydrogen-bond donors (Lipinski definition) is 1. The molecule has 164 valence electrons. The number of amides is 1. The van der Waals surface area contributed by atoms with Crippen molar-refractivity contribution in [1.82, 2.24) is 9.88 Å². The van der Waals surface area contributed by atoms with Crippen molar-refractivity contribution in [2.24, 2.45) is 0 Å². The molecule has 0 aliphatic heterocycles. The molecule has 0 unspecified atom stereocenters. The van der Waals surface area contributed by atoms with Crippen molar-refractivity contribution in [3.8, 4) is 0 Å². The van der Waals surface area contributed by atoms with E-state index in [9.17, 15) is 22.8 Å². The number of esters is 1. The number of carbonyl (C=O) groups is 2. The Morgan fingerprint density at radius 2 is 1.80 bits per heavy atom. The molecule has 1 amide bonds. The monoisotopic (exact) mass is 425 g/mol. The fourth-order valence-electron chi connectivity index (χ4n) is 3.10. The van der Waals surface area contributed by atoms with Crippen LogP contribution in [-0.4, -0.2) is 48.0 Å². The number of fused-ring (bicyclic) bond motifs is 1. The molecule has 0 saturated carbocycles.